The topological polar surface area (TPSA) is 54.9 Å². The van der Waals surface area contributed by atoms with Crippen LogP contribution in [0.15, 0.2) is 29.3 Å². The van der Waals surface area contributed by atoms with E-state index in [1.807, 2.05) is 24.3 Å². The standard InChI is InChI=1S/C19H30ClN3O2/c1-21-18(22-12-14-25-17-8-4-3-7-16(17)20)23-15-19(11-13-24-2)9-5-6-10-19/h3-4,7-8H,5-6,9-15H2,1-2H3,(H2,21,22,23). The van der Waals surface area contributed by atoms with Gasteiger partial charge in [-0.3, -0.25) is 4.99 Å². The molecule has 1 fully saturated rings. The first-order chi connectivity index (χ1) is 12.2. The van der Waals surface area contributed by atoms with Crippen molar-refractivity contribution in [2.24, 2.45) is 10.4 Å². The van der Waals surface area contributed by atoms with E-state index >= 15 is 0 Å². The van der Waals surface area contributed by atoms with Gasteiger partial charge in [0.25, 0.3) is 0 Å². The van der Waals surface area contributed by atoms with Gasteiger partial charge in [-0.2, -0.15) is 0 Å². The van der Waals surface area contributed by atoms with E-state index < -0.39 is 0 Å². The first-order valence-corrected chi connectivity index (χ1v) is 9.38. The van der Waals surface area contributed by atoms with Crippen molar-refractivity contribution in [3.63, 3.8) is 0 Å². The van der Waals surface area contributed by atoms with Gasteiger partial charge in [0, 0.05) is 27.3 Å². The number of para-hydroxylation sites is 1. The zero-order chi connectivity index (χ0) is 18.0. The number of guanidine groups is 1. The number of ether oxygens (including phenoxy) is 2. The van der Waals surface area contributed by atoms with E-state index in [4.69, 9.17) is 21.1 Å². The summed E-state index contributed by atoms with van der Waals surface area (Å²) >= 11 is 6.08. The molecule has 2 rings (SSSR count). The molecule has 0 aromatic heterocycles. The third kappa shape index (κ3) is 6.40. The van der Waals surface area contributed by atoms with Crippen molar-refractivity contribution in [3.05, 3.63) is 29.3 Å². The lowest BCUT2D eigenvalue weighted by molar-refractivity contribution is 0.138. The van der Waals surface area contributed by atoms with Crippen molar-refractivity contribution in [2.75, 3.05) is 40.5 Å². The Hall–Kier alpha value is -1.46. The second-order valence-corrected chi connectivity index (χ2v) is 6.99. The zero-order valence-electron chi connectivity index (χ0n) is 15.3. The van der Waals surface area contributed by atoms with Gasteiger partial charge in [0.15, 0.2) is 5.96 Å². The summed E-state index contributed by atoms with van der Waals surface area (Å²) in [5, 5.41) is 7.40. The van der Waals surface area contributed by atoms with Gasteiger partial charge in [-0.1, -0.05) is 36.6 Å². The summed E-state index contributed by atoms with van der Waals surface area (Å²) in [4.78, 5) is 4.30. The summed E-state index contributed by atoms with van der Waals surface area (Å²) in [6.45, 7) is 2.94. The number of benzene rings is 1. The molecule has 2 N–H and O–H groups in total. The minimum Gasteiger partial charge on any atom is -0.490 e. The Labute approximate surface area is 156 Å². The number of nitrogens with one attached hydrogen (secondary N) is 2. The van der Waals surface area contributed by atoms with Crippen LogP contribution in [0.2, 0.25) is 5.02 Å². The third-order valence-electron chi connectivity index (χ3n) is 4.84. The summed E-state index contributed by atoms with van der Waals surface area (Å²) in [7, 11) is 3.57. The second-order valence-electron chi connectivity index (χ2n) is 6.58. The molecule has 0 radical (unpaired) electrons. The van der Waals surface area contributed by atoms with Crippen molar-refractivity contribution in [1.82, 2.24) is 10.6 Å². The van der Waals surface area contributed by atoms with Crippen LogP contribution in [0.3, 0.4) is 0 Å². The predicted octanol–water partition coefficient (Wildman–Crippen LogP) is 3.48. The average molecular weight is 368 g/mol. The fourth-order valence-corrected chi connectivity index (χ4v) is 3.53. The van der Waals surface area contributed by atoms with Crippen LogP contribution in [-0.4, -0.2) is 46.4 Å². The molecule has 1 saturated carbocycles. The minimum absolute atomic E-state index is 0.335. The Kier molecular flexibility index (Phi) is 8.35. The van der Waals surface area contributed by atoms with Crippen LogP contribution in [0.25, 0.3) is 0 Å². The van der Waals surface area contributed by atoms with Gasteiger partial charge >= 0.3 is 0 Å². The minimum atomic E-state index is 0.335. The van der Waals surface area contributed by atoms with Gasteiger partial charge in [-0.05, 0) is 36.8 Å². The van der Waals surface area contributed by atoms with Crippen molar-refractivity contribution in [2.45, 2.75) is 32.1 Å². The zero-order valence-corrected chi connectivity index (χ0v) is 16.1. The maximum Gasteiger partial charge on any atom is 0.191 e. The molecule has 0 saturated heterocycles. The first kappa shape index (κ1) is 19.9. The molecule has 0 atom stereocenters. The van der Waals surface area contributed by atoms with E-state index in [1.165, 1.54) is 25.7 Å². The fourth-order valence-electron chi connectivity index (χ4n) is 3.34. The summed E-state index contributed by atoms with van der Waals surface area (Å²) in [5.41, 5.74) is 0.335. The van der Waals surface area contributed by atoms with Crippen LogP contribution in [-0.2, 0) is 4.74 Å². The molecule has 1 aromatic carbocycles. The molecule has 0 unspecified atom stereocenters. The Morgan fingerprint density at radius 3 is 2.64 bits per heavy atom. The van der Waals surface area contributed by atoms with Gasteiger partial charge in [-0.25, -0.2) is 0 Å². The summed E-state index contributed by atoms with van der Waals surface area (Å²) < 4.78 is 11.0. The van der Waals surface area contributed by atoms with Crippen LogP contribution in [0, 0.1) is 5.41 Å². The molecule has 0 bridgehead atoms. The number of rotatable bonds is 9. The highest BCUT2D eigenvalue weighted by atomic mass is 35.5. The largest absolute Gasteiger partial charge is 0.490 e. The number of methoxy groups -OCH3 is 1. The second kappa shape index (κ2) is 10.5. The van der Waals surface area contributed by atoms with Crippen molar-refractivity contribution in [3.8, 4) is 5.75 Å². The number of nitrogens with zero attached hydrogens (tertiary/aromatic N) is 1. The molecule has 6 heteroatoms. The Morgan fingerprint density at radius 1 is 1.20 bits per heavy atom. The smallest absolute Gasteiger partial charge is 0.191 e. The highest BCUT2D eigenvalue weighted by molar-refractivity contribution is 6.32. The molecule has 1 aliphatic carbocycles. The molecular weight excluding hydrogens is 338 g/mol. The Balaban J connectivity index is 1.72. The number of aliphatic imine (C=N–C) groups is 1. The first-order valence-electron chi connectivity index (χ1n) is 9.00. The van der Waals surface area contributed by atoms with E-state index in [1.54, 1.807) is 14.2 Å². The summed E-state index contributed by atoms with van der Waals surface area (Å²) in [6, 6.07) is 7.50. The monoisotopic (exact) mass is 367 g/mol. The van der Waals surface area contributed by atoms with E-state index in [0.29, 0.717) is 29.3 Å². The number of hydrogen-bond acceptors (Lipinski definition) is 3. The van der Waals surface area contributed by atoms with Crippen LogP contribution in [0.1, 0.15) is 32.1 Å². The number of halogens is 1. The lowest BCUT2D eigenvalue weighted by Gasteiger charge is -2.29. The summed E-state index contributed by atoms with van der Waals surface area (Å²) in [6.07, 6.45) is 6.24. The molecule has 0 aliphatic heterocycles. The Bertz CT molecular complexity index is 545. The van der Waals surface area contributed by atoms with Gasteiger partial charge < -0.3 is 20.1 Å². The van der Waals surface area contributed by atoms with Crippen LogP contribution in [0.4, 0.5) is 0 Å². The Morgan fingerprint density at radius 2 is 1.96 bits per heavy atom. The van der Waals surface area contributed by atoms with Crippen molar-refractivity contribution < 1.29 is 9.47 Å². The molecule has 5 nitrogen and oxygen atoms in total. The molecule has 0 heterocycles. The normalized spacial score (nSPS) is 16.7. The lowest BCUT2D eigenvalue weighted by Crippen LogP contribution is -2.44. The van der Waals surface area contributed by atoms with E-state index in [2.05, 4.69) is 15.6 Å². The quantitative estimate of drug-likeness (QED) is 0.398. The fraction of sp³-hybridized carbons (Fsp3) is 0.632. The lowest BCUT2D eigenvalue weighted by atomic mass is 9.83. The number of hydrogen-bond donors (Lipinski definition) is 2. The summed E-state index contributed by atoms with van der Waals surface area (Å²) in [5.74, 6) is 1.52. The van der Waals surface area contributed by atoms with Crippen LogP contribution in [0.5, 0.6) is 5.75 Å². The molecule has 0 spiro atoms. The molecule has 0 amide bonds. The highest BCUT2D eigenvalue weighted by Gasteiger charge is 2.33. The maximum atomic E-state index is 6.08. The van der Waals surface area contributed by atoms with Crippen LogP contribution < -0.4 is 15.4 Å². The van der Waals surface area contributed by atoms with Gasteiger partial charge in [0.2, 0.25) is 0 Å². The SMILES string of the molecule is CN=C(NCCOc1ccccc1Cl)NCC1(CCOC)CCCC1. The van der Waals surface area contributed by atoms with E-state index in [-0.39, 0.29) is 0 Å². The average Bonchev–Trinajstić information content (AvgIpc) is 3.10. The van der Waals surface area contributed by atoms with E-state index in [9.17, 15) is 0 Å². The predicted molar refractivity (Wildman–Crippen MR) is 104 cm³/mol. The molecule has 1 aliphatic rings. The molecule has 25 heavy (non-hydrogen) atoms. The third-order valence-corrected chi connectivity index (χ3v) is 5.16. The van der Waals surface area contributed by atoms with Crippen LogP contribution >= 0.6 is 11.6 Å². The highest BCUT2D eigenvalue weighted by Crippen LogP contribution is 2.40. The molecule has 1 aromatic rings. The van der Waals surface area contributed by atoms with Gasteiger partial charge in [-0.15, -0.1) is 0 Å². The van der Waals surface area contributed by atoms with Crippen molar-refractivity contribution in [1.29, 1.82) is 0 Å². The van der Waals surface area contributed by atoms with Gasteiger partial charge in [0.1, 0.15) is 12.4 Å². The van der Waals surface area contributed by atoms with E-state index in [0.717, 1.165) is 25.5 Å². The molecule has 140 valence electrons. The maximum absolute atomic E-state index is 6.08. The van der Waals surface area contributed by atoms with Gasteiger partial charge in [0.05, 0.1) is 11.6 Å². The molecular formula is C19H30ClN3O2. The van der Waals surface area contributed by atoms with Crippen molar-refractivity contribution >= 4 is 17.6 Å².